The first-order valence-electron chi connectivity index (χ1n) is 6.40. The van der Waals surface area contributed by atoms with Crippen molar-refractivity contribution in [1.29, 1.82) is 0 Å². The van der Waals surface area contributed by atoms with Crippen LogP contribution in [-0.4, -0.2) is 23.5 Å². The van der Waals surface area contributed by atoms with Crippen molar-refractivity contribution >= 4 is 33.6 Å². The summed E-state index contributed by atoms with van der Waals surface area (Å²) in [5.74, 6) is -0.470. The van der Waals surface area contributed by atoms with Gasteiger partial charge in [0.2, 0.25) is 0 Å². The second kappa shape index (κ2) is 6.75. The van der Waals surface area contributed by atoms with Crippen LogP contribution in [0.5, 0.6) is 0 Å². The Morgan fingerprint density at radius 1 is 1.42 bits per heavy atom. The third kappa shape index (κ3) is 3.72. The van der Waals surface area contributed by atoms with Crippen LogP contribution in [0.25, 0.3) is 0 Å². The monoisotopic (exact) mass is 345 g/mol. The number of carbonyl (C=O) groups is 1. The summed E-state index contributed by atoms with van der Waals surface area (Å²) < 4.78 is 13.5. The highest BCUT2D eigenvalue weighted by Crippen LogP contribution is 2.27. The summed E-state index contributed by atoms with van der Waals surface area (Å²) >= 11 is 4.92. The van der Waals surface area contributed by atoms with Crippen LogP contribution in [0, 0.1) is 5.82 Å². The zero-order valence-electron chi connectivity index (χ0n) is 10.8. The molecule has 0 radical (unpaired) electrons. The number of nitrogens with one attached hydrogen (secondary N) is 1. The van der Waals surface area contributed by atoms with Crippen molar-refractivity contribution in [3.63, 3.8) is 0 Å². The Balaban J connectivity index is 2.05. The van der Waals surface area contributed by atoms with Gasteiger partial charge in [0.1, 0.15) is 5.82 Å². The molecule has 0 spiro atoms. The lowest BCUT2D eigenvalue weighted by atomic mass is 9.94. The maximum Gasteiger partial charge on any atom is 0.251 e. The van der Waals surface area contributed by atoms with Gasteiger partial charge in [-0.1, -0.05) is 12.8 Å². The van der Waals surface area contributed by atoms with Gasteiger partial charge in [-0.15, -0.1) is 0 Å². The second-order valence-electron chi connectivity index (χ2n) is 4.77. The molecule has 2 atom stereocenters. The molecule has 19 heavy (non-hydrogen) atoms. The van der Waals surface area contributed by atoms with Gasteiger partial charge in [-0.2, -0.15) is 11.8 Å². The number of rotatable bonds is 3. The van der Waals surface area contributed by atoms with Gasteiger partial charge in [0.05, 0.1) is 4.47 Å². The van der Waals surface area contributed by atoms with E-state index in [1.165, 1.54) is 24.6 Å². The lowest BCUT2D eigenvalue weighted by molar-refractivity contribution is 0.0929. The Morgan fingerprint density at radius 3 is 2.84 bits per heavy atom. The second-order valence-corrected chi connectivity index (χ2v) is 6.70. The van der Waals surface area contributed by atoms with Crippen LogP contribution in [0.3, 0.4) is 0 Å². The summed E-state index contributed by atoms with van der Waals surface area (Å²) in [6.07, 6.45) is 6.66. The molecule has 2 rings (SSSR count). The summed E-state index contributed by atoms with van der Waals surface area (Å²) in [5, 5.41) is 3.57. The first-order chi connectivity index (χ1) is 9.11. The van der Waals surface area contributed by atoms with E-state index in [1.807, 2.05) is 11.8 Å². The molecule has 0 bridgehead atoms. The van der Waals surface area contributed by atoms with Crippen LogP contribution in [0.15, 0.2) is 22.7 Å². The van der Waals surface area contributed by atoms with Gasteiger partial charge in [0.15, 0.2) is 0 Å². The molecule has 1 saturated carbocycles. The molecular formula is C14H17BrFNOS. The van der Waals surface area contributed by atoms with Crippen LogP contribution in [0.2, 0.25) is 0 Å². The quantitative estimate of drug-likeness (QED) is 0.897. The van der Waals surface area contributed by atoms with E-state index in [0.717, 1.165) is 19.3 Å². The molecule has 2 nitrogen and oxygen atoms in total. The smallest absolute Gasteiger partial charge is 0.251 e. The molecule has 0 heterocycles. The van der Waals surface area contributed by atoms with Crippen molar-refractivity contribution in [3.8, 4) is 0 Å². The minimum Gasteiger partial charge on any atom is -0.348 e. The Morgan fingerprint density at radius 2 is 2.16 bits per heavy atom. The van der Waals surface area contributed by atoms with Crippen molar-refractivity contribution < 1.29 is 9.18 Å². The zero-order chi connectivity index (χ0) is 13.8. The van der Waals surface area contributed by atoms with Crippen LogP contribution in [0.1, 0.15) is 36.0 Å². The topological polar surface area (TPSA) is 29.1 Å². The highest BCUT2D eigenvalue weighted by atomic mass is 79.9. The van der Waals surface area contributed by atoms with E-state index in [2.05, 4.69) is 27.5 Å². The Labute approximate surface area is 125 Å². The number of hydrogen-bond acceptors (Lipinski definition) is 2. The normalized spacial score (nSPS) is 23.1. The molecule has 1 amide bonds. The van der Waals surface area contributed by atoms with Gasteiger partial charge in [-0.05, 0) is 53.2 Å². The van der Waals surface area contributed by atoms with E-state index in [9.17, 15) is 9.18 Å². The molecule has 1 N–H and O–H groups in total. The fourth-order valence-corrected chi connectivity index (χ4v) is 3.75. The maximum atomic E-state index is 13.2. The molecule has 0 aliphatic heterocycles. The zero-order valence-corrected chi connectivity index (χ0v) is 13.2. The highest BCUT2D eigenvalue weighted by molar-refractivity contribution is 9.10. The number of hydrogen-bond donors (Lipinski definition) is 1. The largest absolute Gasteiger partial charge is 0.348 e. The van der Waals surface area contributed by atoms with Crippen LogP contribution < -0.4 is 5.32 Å². The molecule has 5 heteroatoms. The van der Waals surface area contributed by atoms with Gasteiger partial charge >= 0.3 is 0 Å². The molecule has 1 aliphatic rings. The van der Waals surface area contributed by atoms with E-state index < -0.39 is 0 Å². The maximum absolute atomic E-state index is 13.2. The number of carbonyl (C=O) groups excluding carboxylic acids is 1. The van der Waals surface area contributed by atoms with Gasteiger partial charge in [-0.3, -0.25) is 4.79 Å². The van der Waals surface area contributed by atoms with E-state index in [-0.39, 0.29) is 17.8 Å². The predicted molar refractivity (Wildman–Crippen MR) is 81.1 cm³/mol. The fourth-order valence-electron chi connectivity index (χ4n) is 2.43. The Hall–Kier alpha value is -0.550. The molecule has 2 unspecified atom stereocenters. The summed E-state index contributed by atoms with van der Waals surface area (Å²) in [7, 11) is 0. The third-order valence-corrected chi connectivity index (χ3v) is 5.28. The molecule has 1 aromatic carbocycles. The molecule has 104 valence electrons. The Bertz CT molecular complexity index is 469. The number of amides is 1. The lowest BCUT2D eigenvalue weighted by Crippen LogP contribution is -2.43. The standard InChI is InChI=1S/C14H17BrFNOS/c1-19-13-5-3-2-4-12(13)17-14(18)9-6-7-11(16)10(15)8-9/h6-8,12-13H,2-5H2,1H3,(H,17,18). The highest BCUT2D eigenvalue weighted by Gasteiger charge is 2.26. The third-order valence-electron chi connectivity index (χ3n) is 3.50. The summed E-state index contributed by atoms with van der Waals surface area (Å²) in [4.78, 5) is 12.2. The number of benzene rings is 1. The summed E-state index contributed by atoms with van der Waals surface area (Å²) in [6.45, 7) is 0. The molecule has 1 aliphatic carbocycles. The summed E-state index contributed by atoms with van der Waals surface area (Å²) in [5.41, 5.74) is 0.499. The number of halogens is 2. The molecule has 0 aromatic heterocycles. The van der Waals surface area contributed by atoms with Gasteiger partial charge < -0.3 is 5.32 Å². The van der Waals surface area contributed by atoms with Crippen LogP contribution in [0.4, 0.5) is 4.39 Å². The van der Waals surface area contributed by atoms with Crippen molar-refractivity contribution in [2.24, 2.45) is 0 Å². The first kappa shape index (κ1) is 14.9. The summed E-state index contributed by atoms with van der Waals surface area (Å²) in [6, 6.07) is 4.58. The van der Waals surface area contributed by atoms with Gasteiger partial charge in [0, 0.05) is 16.9 Å². The van der Waals surface area contributed by atoms with E-state index in [0.29, 0.717) is 15.3 Å². The fraction of sp³-hybridized carbons (Fsp3) is 0.500. The van der Waals surface area contributed by atoms with Crippen molar-refractivity contribution in [1.82, 2.24) is 5.32 Å². The minimum atomic E-state index is -0.351. The van der Waals surface area contributed by atoms with Crippen LogP contribution >= 0.6 is 27.7 Å². The van der Waals surface area contributed by atoms with Crippen molar-refractivity contribution in [3.05, 3.63) is 34.1 Å². The van der Waals surface area contributed by atoms with Gasteiger partial charge in [0.25, 0.3) is 5.91 Å². The average Bonchev–Trinajstić information content (AvgIpc) is 2.42. The predicted octanol–water partition coefficient (Wildman–Crippen LogP) is 3.99. The number of thioether (sulfide) groups is 1. The average molecular weight is 346 g/mol. The van der Waals surface area contributed by atoms with Crippen LogP contribution in [-0.2, 0) is 0 Å². The SMILES string of the molecule is CSC1CCCCC1NC(=O)c1ccc(F)c(Br)c1. The molecular weight excluding hydrogens is 329 g/mol. The van der Waals surface area contributed by atoms with E-state index in [1.54, 1.807) is 0 Å². The van der Waals surface area contributed by atoms with Crippen molar-refractivity contribution in [2.75, 3.05) is 6.26 Å². The van der Waals surface area contributed by atoms with E-state index >= 15 is 0 Å². The van der Waals surface area contributed by atoms with Crippen molar-refractivity contribution in [2.45, 2.75) is 37.0 Å². The first-order valence-corrected chi connectivity index (χ1v) is 8.48. The lowest BCUT2D eigenvalue weighted by Gasteiger charge is -2.30. The molecule has 1 aromatic rings. The van der Waals surface area contributed by atoms with E-state index in [4.69, 9.17) is 0 Å². The Kier molecular flexibility index (Phi) is 5.28. The molecule has 0 saturated heterocycles. The minimum absolute atomic E-state index is 0.119. The molecule has 1 fully saturated rings. The van der Waals surface area contributed by atoms with Gasteiger partial charge in [-0.25, -0.2) is 4.39 Å².